The molecule has 1 saturated heterocycles. The number of carbonyl (C=O) groups is 1. The highest BCUT2D eigenvalue weighted by atomic mass is 16.5. The summed E-state index contributed by atoms with van der Waals surface area (Å²) in [6.45, 7) is 5.08. The zero-order valence-corrected chi connectivity index (χ0v) is 11.1. The van der Waals surface area contributed by atoms with E-state index in [4.69, 9.17) is 9.47 Å². The van der Waals surface area contributed by atoms with Crippen LogP contribution in [-0.2, 0) is 9.47 Å². The number of hydrogen-bond acceptors (Lipinski definition) is 3. The molecule has 0 aromatic heterocycles. The maximum atomic E-state index is 11.7. The molecule has 1 aliphatic rings. The van der Waals surface area contributed by atoms with Gasteiger partial charge in [-0.05, 0) is 19.4 Å². The zero-order valence-electron chi connectivity index (χ0n) is 11.1. The lowest BCUT2D eigenvalue weighted by Crippen LogP contribution is -2.48. The Bertz CT molecular complexity index is 416. The van der Waals surface area contributed by atoms with Crippen molar-refractivity contribution < 1.29 is 14.3 Å². The minimum atomic E-state index is -0.289. The Balaban J connectivity index is 2.11. The first-order chi connectivity index (χ1) is 8.61. The van der Waals surface area contributed by atoms with Crippen LogP contribution in [0.2, 0.25) is 0 Å². The van der Waals surface area contributed by atoms with Crippen molar-refractivity contribution in [3.05, 3.63) is 35.4 Å². The number of methoxy groups -OCH3 is 1. The van der Waals surface area contributed by atoms with Crippen molar-refractivity contribution in [1.29, 1.82) is 0 Å². The van der Waals surface area contributed by atoms with Crippen LogP contribution in [0, 0.1) is 6.92 Å². The molecule has 2 rings (SSSR count). The monoisotopic (exact) mass is 249 g/mol. The molecular weight excluding hydrogens is 230 g/mol. The normalized spacial score (nSPS) is 23.8. The molecule has 0 saturated carbocycles. The molecule has 1 amide bonds. The fourth-order valence-electron chi connectivity index (χ4n) is 2.11. The highest BCUT2D eigenvalue weighted by molar-refractivity contribution is 5.68. The van der Waals surface area contributed by atoms with Crippen LogP contribution in [0.25, 0.3) is 0 Å². The highest BCUT2D eigenvalue weighted by Gasteiger charge is 2.30. The Hall–Kier alpha value is -1.55. The van der Waals surface area contributed by atoms with Crippen molar-refractivity contribution in [1.82, 2.24) is 4.90 Å². The fourth-order valence-corrected chi connectivity index (χ4v) is 2.11. The number of ether oxygens (including phenoxy) is 2. The molecule has 1 aromatic rings. The van der Waals surface area contributed by atoms with Crippen molar-refractivity contribution >= 4 is 6.09 Å². The Morgan fingerprint density at radius 1 is 1.39 bits per heavy atom. The quantitative estimate of drug-likeness (QED) is 0.767. The van der Waals surface area contributed by atoms with Gasteiger partial charge in [-0.15, -0.1) is 0 Å². The van der Waals surface area contributed by atoms with Crippen LogP contribution in [-0.4, -0.2) is 37.3 Å². The van der Waals surface area contributed by atoms with E-state index in [9.17, 15) is 4.79 Å². The predicted molar refractivity (Wildman–Crippen MR) is 68.4 cm³/mol. The molecule has 4 nitrogen and oxygen atoms in total. The van der Waals surface area contributed by atoms with E-state index in [0.29, 0.717) is 13.2 Å². The molecule has 1 heterocycles. The lowest BCUT2D eigenvalue weighted by Gasteiger charge is -2.37. The van der Waals surface area contributed by atoms with Crippen LogP contribution in [0.1, 0.15) is 24.2 Å². The molecule has 4 heteroatoms. The summed E-state index contributed by atoms with van der Waals surface area (Å²) < 4.78 is 10.6. The van der Waals surface area contributed by atoms with Gasteiger partial charge in [-0.3, -0.25) is 0 Å². The molecule has 18 heavy (non-hydrogen) atoms. The largest absolute Gasteiger partial charge is 0.453 e. The lowest BCUT2D eigenvalue weighted by atomic mass is 10.0. The first-order valence-corrected chi connectivity index (χ1v) is 6.14. The van der Waals surface area contributed by atoms with E-state index < -0.39 is 0 Å². The van der Waals surface area contributed by atoms with Gasteiger partial charge in [-0.25, -0.2) is 4.79 Å². The molecule has 0 spiro atoms. The van der Waals surface area contributed by atoms with Gasteiger partial charge in [0.2, 0.25) is 0 Å². The molecule has 2 atom stereocenters. The lowest BCUT2D eigenvalue weighted by molar-refractivity contribution is -0.0528. The first-order valence-electron chi connectivity index (χ1n) is 6.14. The standard InChI is InChI=1S/C14H19NO3/c1-10-4-6-12(7-5-10)13-8-15(14(16)17-3)11(2)9-18-13/h4-7,11,13H,8-9H2,1-3H3. The third-order valence-electron chi connectivity index (χ3n) is 3.29. The predicted octanol–water partition coefficient (Wildman–Crippen LogP) is 2.52. The van der Waals surface area contributed by atoms with E-state index in [0.717, 1.165) is 5.56 Å². The van der Waals surface area contributed by atoms with Crippen LogP contribution in [0.15, 0.2) is 24.3 Å². The molecule has 2 unspecified atom stereocenters. The Labute approximate surface area is 107 Å². The number of morpholine rings is 1. The molecule has 1 fully saturated rings. The number of rotatable bonds is 1. The number of hydrogen-bond donors (Lipinski definition) is 0. The molecule has 1 aromatic carbocycles. The zero-order chi connectivity index (χ0) is 13.1. The molecular formula is C14H19NO3. The van der Waals surface area contributed by atoms with Crippen LogP contribution in [0.5, 0.6) is 0 Å². The van der Waals surface area contributed by atoms with Gasteiger partial charge in [0.15, 0.2) is 0 Å². The second-order valence-electron chi connectivity index (χ2n) is 4.70. The topological polar surface area (TPSA) is 38.8 Å². The molecule has 0 N–H and O–H groups in total. The van der Waals surface area contributed by atoms with Crippen LogP contribution in [0.4, 0.5) is 4.79 Å². The van der Waals surface area contributed by atoms with Gasteiger partial charge in [-0.1, -0.05) is 29.8 Å². The van der Waals surface area contributed by atoms with E-state index in [1.54, 1.807) is 4.90 Å². The van der Waals surface area contributed by atoms with Gasteiger partial charge in [-0.2, -0.15) is 0 Å². The van der Waals surface area contributed by atoms with Gasteiger partial charge >= 0.3 is 6.09 Å². The third-order valence-corrected chi connectivity index (χ3v) is 3.29. The number of benzene rings is 1. The average molecular weight is 249 g/mol. The van der Waals surface area contributed by atoms with Gasteiger partial charge < -0.3 is 14.4 Å². The van der Waals surface area contributed by atoms with Crippen LogP contribution < -0.4 is 0 Å². The SMILES string of the molecule is COC(=O)N1CC(c2ccc(C)cc2)OCC1C. The van der Waals surface area contributed by atoms with Gasteiger partial charge in [0, 0.05) is 0 Å². The Kier molecular flexibility index (Phi) is 3.87. The summed E-state index contributed by atoms with van der Waals surface area (Å²) in [5, 5.41) is 0. The molecule has 0 radical (unpaired) electrons. The van der Waals surface area contributed by atoms with Gasteiger partial charge in [0.05, 0.1) is 26.3 Å². The second-order valence-corrected chi connectivity index (χ2v) is 4.70. The highest BCUT2D eigenvalue weighted by Crippen LogP contribution is 2.25. The van der Waals surface area contributed by atoms with Gasteiger partial charge in [0.25, 0.3) is 0 Å². The smallest absolute Gasteiger partial charge is 0.409 e. The second kappa shape index (κ2) is 5.40. The van der Waals surface area contributed by atoms with E-state index in [1.807, 2.05) is 26.0 Å². The maximum absolute atomic E-state index is 11.7. The fraction of sp³-hybridized carbons (Fsp3) is 0.500. The molecule has 0 bridgehead atoms. The summed E-state index contributed by atoms with van der Waals surface area (Å²) in [5.41, 5.74) is 2.31. The van der Waals surface area contributed by atoms with E-state index in [2.05, 4.69) is 12.1 Å². The van der Waals surface area contributed by atoms with Crippen LogP contribution >= 0.6 is 0 Å². The van der Waals surface area contributed by atoms with Crippen molar-refractivity contribution in [2.45, 2.75) is 26.0 Å². The first kappa shape index (κ1) is 12.9. The van der Waals surface area contributed by atoms with Crippen molar-refractivity contribution in [2.75, 3.05) is 20.3 Å². The van der Waals surface area contributed by atoms with Gasteiger partial charge in [0.1, 0.15) is 6.10 Å². The van der Waals surface area contributed by atoms with E-state index in [-0.39, 0.29) is 18.2 Å². The third kappa shape index (κ3) is 2.64. The number of carbonyl (C=O) groups excluding carboxylic acids is 1. The minimum absolute atomic E-state index is 0.0548. The van der Waals surface area contributed by atoms with E-state index in [1.165, 1.54) is 12.7 Å². The van der Waals surface area contributed by atoms with Crippen molar-refractivity contribution in [3.63, 3.8) is 0 Å². The molecule has 98 valence electrons. The summed E-state index contributed by atoms with van der Waals surface area (Å²) in [6, 6.07) is 8.26. The number of aryl methyl sites for hydroxylation is 1. The summed E-state index contributed by atoms with van der Waals surface area (Å²) in [4.78, 5) is 13.4. The Morgan fingerprint density at radius 3 is 2.67 bits per heavy atom. The van der Waals surface area contributed by atoms with Crippen molar-refractivity contribution in [3.8, 4) is 0 Å². The van der Waals surface area contributed by atoms with Crippen molar-refractivity contribution in [2.24, 2.45) is 0 Å². The van der Waals surface area contributed by atoms with Crippen LogP contribution in [0.3, 0.4) is 0 Å². The summed E-state index contributed by atoms with van der Waals surface area (Å²) in [6.07, 6.45) is -0.358. The Morgan fingerprint density at radius 2 is 2.06 bits per heavy atom. The summed E-state index contributed by atoms with van der Waals surface area (Å²) >= 11 is 0. The summed E-state index contributed by atoms with van der Waals surface area (Å²) in [5.74, 6) is 0. The number of nitrogens with zero attached hydrogens (tertiary/aromatic N) is 1. The number of amides is 1. The summed E-state index contributed by atoms with van der Waals surface area (Å²) in [7, 11) is 1.41. The average Bonchev–Trinajstić information content (AvgIpc) is 2.39. The molecule has 0 aliphatic carbocycles. The maximum Gasteiger partial charge on any atom is 0.409 e. The molecule has 1 aliphatic heterocycles. The minimum Gasteiger partial charge on any atom is -0.453 e. The van der Waals surface area contributed by atoms with E-state index >= 15 is 0 Å².